The van der Waals surface area contributed by atoms with Gasteiger partial charge in [-0.05, 0) is 39.0 Å². The summed E-state index contributed by atoms with van der Waals surface area (Å²) in [5, 5.41) is 8.58. The summed E-state index contributed by atoms with van der Waals surface area (Å²) in [6, 6.07) is 11.4. The highest BCUT2D eigenvalue weighted by atomic mass is 32.2. The standard InChI is InChI=1S/C23H33N5O2SSi/c1-23(2,3)32(4,5)30-13-7-12-25-21(29)16-31-22-11-10-20-26-15-19(28(20)27-22)17-8-6-9-18(24)14-17/h6,8-11,14-15H,7,12-13,16,24H2,1-5H3,(H,25,29)/q-1. The number of carbonyl (C=O) groups excluding carboxylic acids is 1. The fourth-order valence-corrected chi connectivity index (χ4v) is 4.63. The summed E-state index contributed by atoms with van der Waals surface area (Å²) < 4.78 is 7.93. The van der Waals surface area contributed by atoms with Crippen molar-refractivity contribution in [3.05, 3.63) is 42.6 Å². The minimum Gasteiger partial charge on any atom is -0.564 e. The van der Waals surface area contributed by atoms with Crippen molar-refractivity contribution in [1.82, 2.24) is 19.9 Å². The topological polar surface area (TPSA) is 94.5 Å². The van der Waals surface area contributed by atoms with Crippen molar-refractivity contribution in [2.24, 2.45) is 0 Å². The molecule has 0 saturated carbocycles. The highest BCUT2D eigenvalue weighted by molar-refractivity contribution is 7.99. The first-order chi connectivity index (χ1) is 15.1. The second kappa shape index (κ2) is 10.1. The van der Waals surface area contributed by atoms with E-state index in [-0.39, 0.29) is 10.9 Å². The Morgan fingerprint density at radius 1 is 1.25 bits per heavy atom. The number of carbonyl (C=O) groups is 1. The number of rotatable bonds is 9. The van der Waals surface area contributed by atoms with Crippen LogP contribution in [0.1, 0.15) is 27.2 Å². The fraction of sp³-hybridized carbons (Fsp3) is 0.435. The Balaban J connectivity index is 1.50. The van der Waals surface area contributed by atoms with Crippen LogP contribution in [0.5, 0.6) is 0 Å². The molecule has 3 rings (SSSR count). The van der Waals surface area contributed by atoms with Gasteiger partial charge in [0.1, 0.15) is 5.03 Å². The first-order valence-corrected chi connectivity index (χ1v) is 14.7. The number of hydrogen-bond acceptors (Lipinski definition) is 6. The molecule has 3 N–H and O–H groups in total. The number of aromatic nitrogens is 3. The third-order valence-electron chi connectivity index (χ3n) is 5.78. The van der Waals surface area contributed by atoms with E-state index in [2.05, 4.69) is 49.3 Å². The molecule has 0 bridgehead atoms. The predicted octanol–water partition coefficient (Wildman–Crippen LogP) is 4.60. The third-order valence-corrected chi connectivity index (χ3v) is 11.2. The van der Waals surface area contributed by atoms with Crippen molar-refractivity contribution in [2.75, 3.05) is 24.6 Å². The molecule has 3 aromatic rings. The van der Waals surface area contributed by atoms with Gasteiger partial charge >= 0.3 is 0 Å². The summed E-state index contributed by atoms with van der Waals surface area (Å²) in [7, 11) is -1.73. The van der Waals surface area contributed by atoms with Gasteiger partial charge in [0.2, 0.25) is 5.91 Å². The molecule has 7 nitrogen and oxygen atoms in total. The van der Waals surface area contributed by atoms with Crippen LogP contribution in [0.3, 0.4) is 0 Å². The molecule has 0 aliphatic rings. The highest BCUT2D eigenvalue weighted by Crippen LogP contribution is 2.36. The lowest BCUT2D eigenvalue weighted by Gasteiger charge is -2.48. The number of imidazole rings is 1. The molecule has 32 heavy (non-hydrogen) atoms. The number of nitrogen functional groups attached to an aromatic ring is 1. The summed E-state index contributed by atoms with van der Waals surface area (Å²) >= 11 is 1.40. The summed E-state index contributed by atoms with van der Waals surface area (Å²) in [6.45, 7) is 12.5. The number of thioether (sulfide) groups is 1. The molecular weight excluding hydrogens is 438 g/mol. The molecule has 0 unspecified atom stereocenters. The smallest absolute Gasteiger partial charge is 0.230 e. The maximum absolute atomic E-state index is 12.3. The average Bonchev–Trinajstić information content (AvgIpc) is 3.14. The molecule has 0 radical (unpaired) electrons. The van der Waals surface area contributed by atoms with Crippen LogP contribution in [-0.4, -0.2) is 47.7 Å². The van der Waals surface area contributed by atoms with E-state index in [1.54, 1.807) is 10.7 Å². The van der Waals surface area contributed by atoms with Crippen LogP contribution >= 0.6 is 11.8 Å². The van der Waals surface area contributed by atoms with E-state index in [4.69, 9.17) is 10.2 Å². The van der Waals surface area contributed by atoms with Gasteiger partial charge in [0.25, 0.3) is 0 Å². The lowest BCUT2D eigenvalue weighted by molar-refractivity contribution is -0.118. The summed E-state index contributed by atoms with van der Waals surface area (Å²) in [4.78, 5) is 16.7. The van der Waals surface area contributed by atoms with E-state index >= 15 is 0 Å². The van der Waals surface area contributed by atoms with Crippen molar-refractivity contribution in [2.45, 2.75) is 50.4 Å². The van der Waals surface area contributed by atoms with Crippen molar-refractivity contribution >= 4 is 37.3 Å². The van der Waals surface area contributed by atoms with Crippen LogP contribution in [0, 0.1) is 0 Å². The Morgan fingerprint density at radius 3 is 2.75 bits per heavy atom. The highest BCUT2D eigenvalue weighted by Gasteiger charge is 2.24. The van der Waals surface area contributed by atoms with Gasteiger partial charge in [0.05, 0.1) is 17.6 Å². The van der Waals surface area contributed by atoms with E-state index in [9.17, 15) is 4.79 Å². The molecule has 0 fully saturated rings. The van der Waals surface area contributed by atoms with E-state index < -0.39 is 8.32 Å². The fourth-order valence-electron chi connectivity index (χ4n) is 2.86. The lowest BCUT2D eigenvalue weighted by Crippen LogP contribution is -2.41. The molecule has 0 spiro atoms. The Morgan fingerprint density at radius 2 is 2.03 bits per heavy atom. The van der Waals surface area contributed by atoms with E-state index in [1.807, 2.05) is 36.4 Å². The Hall–Kier alpha value is -2.36. The van der Waals surface area contributed by atoms with Gasteiger partial charge in [0.15, 0.2) is 5.65 Å². The molecule has 2 aromatic heterocycles. The third kappa shape index (κ3) is 6.11. The molecule has 0 saturated heterocycles. The summed E-state index contributed by atoms with van der Waals surface area (Å²) in [5.74, 6) is 0.301. The zero-order chi connectivity index (χ0) is 23.4. The van der Waals surface area contributed by atoms with Crippen LogP contribution < -0.4 is 11.1 Å². The van der Waals surface area contributed by atoms with Crippen LogP contribution in [0.25, 0.3) is 16.9 Å². The predicted molar refractivity (Wildman–Crippen MR) is 134 cm³/mol. The maximum Gasteiger partial charge on any atom is 0.230 e. The van der Waals surface area contributed by atoms with Gasteiger partial charge in [0, 0.05) is 24.4 Å². The van der Waals surface area contributed by atoms with Gasteiger partial charge in [-0.1, -0.05) is 44.7 Å². The second-order valence-electron chi connectivity index (χ2n) is 9.31. The molecule has 2 heterocycles. The molecule has 9 heteroatoms. The molecular formula is C23H33N5O2SSi-. The molecule has 0 aliphatic heterocycles. The van der Waals surface area contributed by atoms with Crippen LogP contribution in [0.4, 0.5) is 5.69 Å². The van der Waals surface area contributed by atoms with Crippen molar-refractivity contribution < 1.29 is 9.22 Å². The SMILES string of the molecule is CC(C)(C)[Si-](C)(C)OCCCNC(=O)CSc1ccc2ncc(-c3cccc(N)c3)n2n1. The van der Waals surface area contributed by atoms with Gasteiger partial charge in [-0.25, -0.2) is 9.50 Å². The van der Waals surface area contributed by atoms with Crippen LogP contribution in [-0.2, 0) is 9.22 Å². The molecule has 1 aromatic carbocycles. The minimum atomic E-state index is -1.73. The lowest BCUT2D eigenvalue weighted by atomic mass is 10.1. The number of nitrogens with one attached hydrogen (secondary N) is 1. The first-order valence-electron chi connectivity index (χ1n) is 10.8. The number of nitrogens with zero attached hydrogens (tertiary/aromatic N) is 3. The molecule has 0 atom stereocenters. The zero-order valence-electron chi connectivity index (χ0n) is 19.5. The van der Waals surface area contributed by atoms with Crippen LogP contribution in [0.2, 0.25) is 18.1 Å². The number of hydrogen-bond donors (Lipinski definition) is 2. The van der Waals surface area contributed by atoms with Gasteiger partial charge < -0.3 is 15.5 Å². The summed E-state index contributed by atoms with van der Waals surface area (Å²) in [5.41, 5.74) is 9.16. The summed E-state index contributed by atoms with van der Waals surface area (Å²) in [6.07, 6.45) is 2.59. The van der Waals surface area contributed by atoms with Gasteiger partial charge in [-0.3, -0.25) is 4.79 Å². The number of nitrogens with two attached hydrogens (primary N) is 1. The number of amides is 1. The molecule has 1 amide bonds. The van der Waals surface area contributed by atoms with E-state index in [0.29, 0.717) is 24.6 Å². The largest absolute Gasteiger partial charge is 0.564 e. The number of benzene rings is 1. The number of fused-ring (bicyclic) bond motifs is 1. The Kier molecular flexibility index (Phi) is 7.63. The molecule has 0 aliphatic carbocycles. The first kappa shape index (κ1) is 24.3. The number of anilines is 1. The van der Waals surface area contributed by atoms with Crippen LogP contribution in [0.15, 0.2) is 47.6 Å². The van der Waals surface area contributed by atoms with E-state index in [1.165, 1.54) is 11.8 Å². The minimum absolute atomic E-state index is 0.00842. The van der Waals surface area contributed by atoms with Crippen molar-refractivity contribution in [3.8, 4) is 11.3 Å². The van der Waals surface area contributed by atoms with Crippen molar-refractivity contribution in [3.63, 3.8) is 0 Å². The maximum atomic E-state index is 12.3. The van der Waals surface area contributed by atoms with Crippen molar-refractivity contribution in [1.29, 1.82) is 0 Å². The monoisotopic (exact) mass is 471 g/mol. The Bertz CT molecular complexity index is 1080. The normalized spacial score (nSPS) is 12.3. The van der Waals surface area contributed by atoms with Gasteiger partial charge in [-0.15, -0.1) is 18.1 Å². The average molecular weight is 472 g/mol. The molecule has 173 valence electrons. The Labute approximate surface area is 195 Å². The van der Waals surface area contributed by atoms with E-state index in [0.717, 1.165) is 28.4 Å². The second-order valence-corrected chi connectivity index (χ2v) is 15.1. The quantitative estimate of drug-likeness (QED) is 0.205. The zero-order valence-corrected chi connectivity index (χ0v) is 21.3. The van der Waals surface area contributed by atoms with Gasteiger partial charge in [-0.2, -0.15) is 5.10 Å².